The Morgan fingerprint density at radius 1 is 1.39 bits per heavy atom. The molecular formula is C13H27N3O2. The minimum Gasteiger partial charge on any atom is -0.444 e. The molecule has 0 aliphatic rings. The molecule has 1 amide bonds. The molecule has 0 heterocycles. The summed E-state index contributed by atoms with van der Waals surface area (Å²) in [5, 5.41) is 3.02. The predicted molar refractivity (Wildman–Crippen MR) is 75.1 cm³/mol. The number of ether oxygens (including phenoxy) is 1. The molecule has 0 radical (unpaired) electrons. The molecule has 0 aliphatic heterocycles. The van der Waals surface area contributed by atoms with E-state index in [1.54, 1.807) is 4.90 Å². The Balaban J connectivity index is 4.64. The van der Waals surface area contributed by atoms with Gasteiger partial charge in [0.1, 0.15) is 11.4 Å². The van der Waals surface area contributed by atoms with Gasteiger partial charge in [0.2, 0.25) is 0 Å². The van der Waals surface area contributed by atoms with Crippen LogP contribution in [-0.2, 0) is 4.74 Å². The molecule has 0 atom stereocenters. The van der Waals surface area contributed by atoms with E-state index >= 15 is 0 Å². The molecule has 0 fully saturated rings. The van der Waals surface area contributed by atoms with Crippen LogP contribution in [0.5, 0.6) is 0 Å². The second kappa shape index (κ2) is 7.24. The Morgan fingerprint density at radius 2 is 1.94 bits per heavy atom. The molecule has 1 N–H and O–H groups in total. The largest absolute Gasteiger partial charge is 0.444 e. The number of likely N-dealkylation sites (N-methyl/N-ethyl adjacent to an activating group) is 2. The van der Waals surface area contributed by atoms with Gasteiger partial charge in [-0.1, -0.05) is 0 Å². The van der Waals surface area contributed by atoms with Crippen molar-refractivity contribution in [3.8, 4) is 0 Å². The zero-order valence-electron chi connectivity index (χ0n) is 12.7. The number of aliphatic imine (C=N–C) groups is 1. The number of nitrogens with zero attached hydrogens (tertiary/aromatic N) is 2. The van der Waals surface area contributed by atoms with Crippen molar-refractivity contribution >= 4 is 11.9 Å². The Hall–Kier alpha value is -1.26. The second-order valence-electron chi connectivity index (χ2n) is 5.41. The first-order chi connectivity index (χ1) is 8.19. The van der Waals surface area contributed by atoms with Gasteiger partial charge >= 0.3 is 6.09 Å². The normalized spacial score (nSPS) is 12.6. The third kappa shape index (κ3) is 7.14. The summed E-state index contributed by atoms with van der Waals surface area (Å²) in [6, 6.07) is 0.199. The minimum atomic E-state index is -0.473. The molecule has 0 aromatic heterocycles. The number of carbonyl (C=O) groups is 1. The van der Waals surface area contributed by atoms with Crippen molar-refractivity contribution in [1.82, 2.24) is 10.2 Å². The molecule has 0 saturated carbocycles. The van der Waals surface area contributed by atoms with Crippen molar-refractivity contribution in [1.29, 1.82) is 0 Å². The highest BCUT2D eigenvalue weighted by atomic mass is 16.6. The molecular weight excluding hydrogens is 230 g/mol. The van der Waals surface area contributed by atoms with Gasteiger partial charge in [0, 0.05) is 19.6 Å². The second-order valence-corrected chi connectivity index (χ2v) is 5.41. The summed E-state index contributed by atoms with van der Waals surface area (Å²) in [6.07, 6.45) is -0.309. The summed E-state index contributed by atoms with van der Waals surface area (Å²) in [5.74, 6) is 0.790. The average molecular weight is 257 g/mol. The zero-order chi connectivity index (χ0) is 14.3. The van der Waals surface area contributed by atoms with Gasteiger partial charge < -0.3 is 15.0 Å². The summed E-state index contributed by atoms with van der Waals surface area (Å²) in [7, 11) is 1.81. The van der Waals surface area contributed by atoms with Gasteiger partial charge in [-0.15, -0.1) is 0 Å². The van der Waals surface area contributed by atoms with Gasteiger partial charge in [-0.25, -0.2) is 4.79 Å². The zero-order valence-corrected chi connectivity index (χ0v) is 12.7. The summed E-state index contributed by atoms with van der Waals surface area (Å²) in [5.41, 5.74) is -0.473. The van der Waals surface area contributed by atoms with Crippen LogP contribution in [0.25, 0.3) is 0 Å². The first-order valence-electron chi connectivity index (χ1n) is 6.42. The number of hydrogen-bond donors (Lipinski definition) is 1. The third-order valence-electron chi connectivity index (χ3n) is 2.08. The van der Waals surface area contributed by atoms with Crippen LogP contribution in [0.2, 0.25) is 0 Å². The van der Waals surface area contributed by atoms with Crippen molar-refractivity contribution in [2.75, 3.05) is 20.1 Å². The van der Waals surface area contributed by atoms with Crippen LogP contribution in [-0.4, -0.2) is 48.6 Å². The van der Waals surface area contributed by atoms with Gasteiger partial charge in [0.25, 0.3) is 0 Å². The van der Waals surface area contributed by atoms with Crippen molar-refractivity contribution in [2.45, 2.75) is 53.2 Å². The average Bonchev–Trinajstić information content (AvgIpc) is 2.20. The van der Waals surface area contributed by atoms with E-state index in [1.807, 2.05) is 48.6 Å². The number of rotatable bonds is 4. The molecule has 0 spiro atoms. The topological polar surface area (TPSA) is 53.9 Å². The molecule has 0 aromatic carbocycles. The van der Waals surface area contributed by atoms with Gasteiger partial charge in [0.15, 0.2) is 0 Å². The smallest absolute Gasteiger partial charge is 0.410 e. The van der Waals surface area contributed by atoms with Crippen molar-refractivity contribution < 1.29 is 9.53 Å². The van der Waals surface area contributed by atoms with E-state index in [1.165, 1.54) is 0 Å². The van der Waals surface area contributed by atoms with Crippen molar-refractivity contribution in [3.63, 3.8) is 0 Å². The highest BCUT2D eigenvalue weighted by molar-refractivity contribution is 5.86. The fourth-order valence-corrected chi connectivity index (χ4v) is 1.31. The molecule has 0 aromatic rings. The van der Waals surface area contributed by atoms with Crippen LogP contribution in [0.1, 0.15) is 41.5 Å². The predicted octanol–water partition coefficient (Wildman–Crippen LogP) is 2.27. The van der Waals surface area contributed by atoms with E-state index in [0.717, 1.165) is 5.84 Å². The first-order valence-corrected chi connectivity index (χ1v) is 6.42. The maximum absolute atomic E-state index is 11.9. The molecule has 0 unspecified atom stereocenters. The lowest BCUT2D eigenvalue weighted by Gasteiger charge is -2.27. The maximum Gasteiger partial charge on any atom is 0.410 e. The molecule has 5 nitrogen and oxygen atoms in total. The lowest BCUT2D eigenvalue weighted by Crippen LogP contribution is -2.42. The van der Waals surface area contributed by atoms with Crippen LogP contribution in [0, 0.1) is 0 Å². The van der Waals surface area contributed by atoms with E-state index in [-0.39, 0.29) is 12.1 Å². The molecule has 18 heavy (non-hydrogen) atoms. The Bertz CT molecular complexity index is 293. The third-order valence-corrected chi connectivity index (χ3v) is 2.08. The monoisotopic (exact) mass is 257 g/mol. The molecule has 0 rings (SSSR count). The number of amidine groups is 1. The fourth-order valence-electron chi connectivity index (χ4n) is 1.31. The van der Waals surface area contributed by atoms with Crippen LogP contribution in [0.4, 0.5) is 4.79 Å². The number of carbonyl (C=O) groups excluding carboxylic acids is 1. The Labute approximate surface area is 111 Å². The van der Waals surface area contributed by atoms with Crippen LogP contribution < -0.4 is 5.32 Å². The maximum atomic E-state index is 11.9. The SMILES string of the molecule is CCN(C/C(=N/C(C)C)NC)C(=O)OC(C)(C)C. The number of amides is 1. The quantitative estimate of drug-likeness (QED) is 0.621. The highest BCUT2D eigenvalue weighted by Crippen LogP contribution is 2.09. The Morgan fingerprint density at radius 3 is 2.28 bits per heavy atom. The standard InChI is InChI=1S/C13H27N3O2/c1-8-16(12(17)18-13(4,5)6)9-11(14-7)15-10(2)3/h10H,8-9H2,1-7H3,(H,14,15). The van der Waals surface area contributed by atoms with E-state index in [2.05, 4.69) is 10.3 Å². The van der Waals surface area contributed by atoms with Gasteiger partial charge in [-0.2, -0.15) is 0 Å². The van der Waals surface area contributed by atoms with Gasteiger partial charge in [-0.05, 0) is 41.5 Å². The van der Waals surface area contributed by atoms with Gasteiger partial charge in [-0.3, -0.25) is 4.99 Å². The van der Waals surface area contributed by atoms with E-state index in [9.17, 15) is 4.79 Å². The van der Waals surface area contributed by atoms with Crippen LogP contribution in [0.3, 0.4) is 0 Å². The lowest BCUT2D eigenvalue weighted by molar-refractivity contribution is 0.0287. The summed E-state index contributed by atoms with van der Waals surface area (Å²) >= 11 is 0. The molecule has 0 aliphatic carbocycles. The first kappa shape index (κ1) is 16.7. The van der Waals surface area contributed by atoms with Crippen molar-refractivity contribution in [3.05, 3.63) is 0 Å². The van der Waals surface area contributed by atoms with E-state index < -0.39 is 5.60 Å². The highest BCUT2D eigenvalue weighted by Gasteiger charge is 2.21. The minimum absolute atomic E-state index is 0.199. The molecule has 5 heteroatoms. The lowest BCUT2D eigenvalue weighted by atomic mass is 10.2. The van der Waals surface area contributed by atoms with Crippen LogP contribution in [0.15, 0.2) is 4.99 Å². The number of nitrogens with one attached hydrogen (secondary N) is 1. The van der Waals surface area contributed by atoms with E-state index in [0.29, 0.717) is 13.1 Å². The molecule has 106 valence electrons. The fraction of sp³-hybridized carbons (Fsp3) is 0.846. The Kier molecular flexibility index (Phi) is 6.73. The van der Waals surface area contributed by atoms with E-state index in [4.69, 9.17) is 4.74 Å². The summed E-state index contributed by atoms with van der Waals surface area (Å²) in [6.45, 7) is 12.5. The summed E-state index contributed by atoms with van der Waals surface area (Å²) in [4.78, 5) is 18.0. The molecule has 0 saturated heterocycles. The summed E-state index contributed by atoms with van der Waals surface area (Å²) < 4.78 is 5.35. The number of hydrogen-bond acceptors (Lipinski definition) is 3. The van der Waals surface area contributed by atoms with Gasteiger partial charge in [0.05, 0.1) is 6.54 Å². The van der Waals surface area contributed by atoms with Crippen LogP contribution >= 0.6 is 0 Å². The molecule has 0 bridgehead atoms. The van der Waals surface area contributed by atoms with Crippen molar-refractivity contribution in [2.24, 2.45) is 4.99 Å².